The molecule has 1 aromatic heterocycles. The third-order valence-corrected chi connectivity index (χ3v) is 10.7. The van der Waals surface area contributed by atoms with Crippen LogP contribution in [0.3, 0.4) is 0 Å². The van der Waals surface area contributed by atoms with Gasteiger partial charge in [0.15, 0.2) is 0 Å². The number of hydrogen-bond donors (Lipinski definition) is 1. The fourth-order valence-corrected chi connectivity index (χ4v) is 8.57. The van der Waals surface area contributed by atoms with Gasteiger partial charge in [0.1, 0.15) is 17.0 Å². The molecule has 2 amide bonds. The first-order chi connectivity index (χ1) is 23.8. The van der Waals surface area contributed by atoms with Gasteiger partial charge in [0, 0.05) is 37.0 Å². The molecule has 5 aliphatic rings. The quantitative estimate of drug-likeness (QED) is 0.299. The van der Waals surface area contributed by atoms with Gasteiger partial charge in [-0.15, -0.1) is 0 Å². The molecule has 2 aliphatic carbocycles. The minimum atomic E-state index is -0.531. The molecule has 0 saturated carbocycles. The molecule has 2 aromatic carbocycles. The number of aromatic nitrogens is 2. The Morgan fingerprint density at radius 2 is 1.24 bits per heavy atom. The van der Waals surface area contributed by atoms with Crippen molar-refractivity contribution >= 4 is 23.5 Å². The van der Waals surface area contributed by atoms with E-state index in [1.807, 2.05) is 63.7 Å². The fourth-order valence-electron chi connectivity index (χ4n) is 8.57. The largest absolute Gasteiger partial charge is 0.444 e. The predicted octanol–water partition coefficient (Wildman–Crippen LogP) is 8.60. The number of allylic oxidation sites excluding steroid dienone is 1. The van der Waals surface area contributed by atoms with Crippen LogP contribution in [-0.2, 0) is 35.2 Å². The molecule has 1 N–H and O–H groups in total. The maximum Gasteiger partial charge on any atom is 0.410 e. The van der Waals surface area contributed by atoms with Gasteiger partial charge in [-0.25, -0.2) is 14.6 Å². The van der Waals surface area contributed by atoms with E-state index in [1.54, 1.807) is 0 Å². The highest BCUT2D eigenvalue weighted by Crippen LogP contribution is 2.46. The number of aryl methyl sites for hydroxylation is 4. The van der Waals surface area contributed by atoms with E-state index in [0.29, 0.717) is 6.54 Å². The molecule has 0 spiro atoms. The first-order valence-electron chi connectivity index (χ1n) is 18.4. The van der Waals surface area contributed by atoms with Gasteiger partial charge >= 0.3 is 12.2 Å². The van der Waals surface area contributed by atoms with E-state index in [4.69, 9.17) is 19.5 Å². The third-order valence-electron chi connectivity index (χ3n) is 10.7. The second kappa shape index (κ2) is 12.1. The minimum absolute atomic E-state index is 0.00578. The first-order valence-corrected chi connectivity index (χ1v) is 18.4. The monoisotopic (exact) mass is 675 g/mol. The summed E-state index contributed by atoms with van der Waals surface area (Å²) in [6.45, 7) is 12.9. The van der Waals surface area contributed by atoms with Gasteiger partial charge in [-0.2, -0.15) is 0 Å². The number of aliphatic imine (C=N–C) groups is 1. The maximum atomic E-state index is 13.0. The lowest BCUT2D eigenvalue weighted by Crippen LogP contribution is -2.43. The SMILES string of the molecule is CC(C)(C)OC(=O)N1CCC[C@H]1C1=NC=C(c2cc3c4c(c2)CCc2cc(-c5cnc([C@@H]6CCCN6C(=O)OC(C)(C)C)[nH]5)cc(c2-4)CC3)C1. The number of aromatic amines is 1. The van der Waals surface area contributed by atoms with Crippen molar-refractivity contribution in [3.05, 3.63) is 70.3 Å². The van der Waals surface area contributed by atoms with Gasteiger partial charge in [-0.3, -0.25) is 14.8 Å². The number of ether oxygens (including phenoxy) is 2. The van der Waals surface area contributed by atoms with Crippen LogP contribution < -0.4 is 0 Å². The van der Waals surface area contributed by atoms with Gasteiger partial charge in [-0.05, 0) is 150 Å². The number of imidazole rings is 1. The summed E-state index contributed by atoms with van der Waals surface area (Å²) in [7, 11) is 0. The molecular formula is C41H49N5O4. The molecule has 8 rings (SSSR count). The standard InChI is InChI=1S/C41H49N5O4/c1-40(2,3)49-38(47)45-15-7-9-33(45)31-21-30(22-42-31)28-17-24-11-13-26-19-29(20-27-14-12-25(18-28)35(24)36(26)27)32-23-43-37(44-32)34-10-8-16-46(34)39(48)50-41(4,5)6/h17-20,22-23,33-34H,7-16,21H2,1-6H3,(H,43,44)/t33-,34-/m0/s1. The van der Waals surface area contributed by atoms with E-state index in [2.05, 4.69) is 29.2 Å². The van der Waals surface area contributed by atoms with Crippen LogP contribution in [0.2, 0.25) is 0 Å². The zero-order valence-electron chi connectivity index (χ0n) is 30.3. The zero-order chi connectivity index (χ0) is 34.9. The fraction of sp³-hybridized carbons (Fsp3) is 0.512. The lowest BCUT2D eigenvalue weighted by molar-refractivity contribution is 0.0216. The van der Waals surface area contributed by atoms with Crippen LogP contribution in [0.4, 0.5) is 9.59 Å². The Kier molecular flexibility index (Phi) is 7.95. The average Bonchev–Trinajstić information content (AvgIpc) is 3.87. The summed E-state index contributed by atoms with van der Waals surface area (Å²) >= 11 is 0. The molecule has 9 heteroatoms. The van der Waals surface area contributed by atoms with Gasteiger partial charge in [0.25, 0.3) is 0 Å². The molecule has 4 heterocycles. The van der Waals surface area contributed by atoms with Crippen LogP contribution in [-0.4, -0.2) is 68.0 Å². The molecule has 3 aliphatic heterocycles. The van der Waals surface area contributed by atoms with Crippen molar-refractivity contribution in [3.8, 4) is 22.4 Å². The second-order valence-electron chi connectivity index (χ2n) is 16.6. The Hall–Kier alpha value is -4.40. The lowest BCUT2D eigenvalue weighted by Gasteiger charge is -2.31. The number of nitrogens with zero attached hydrogens (tertiary/aromatic N) is 4. The van der Waals surface area contributed by atoms with Gasteiger partial charge in [-0.1, -0.05) is 12.1 Å². The molecular weight excluding hydrogens is 626 g/mol. The zero-order valence-corrected chi connectivity index (χ0v) is 30.3. The van der Waals surface area contributed by atoms with Crippen molar-refractivity contribution in [1.82, 2.24) is 19.8 Å². The molecule has 262 valence electrons. The smallest absolute Gasteiger partial charge is 0.410 e. The average molecular weight is 676 g/mol. The number of hydrogen-bond acceptors (Lipinski definition) is 6. The van der Waals surface area contributed by atoms with Crippen molar-refractivity contribution in [2.45, 2.75) is 123 Å². The highest BCUT2D eigenvalue weighted by Gasteiger charge is 2.38. The van der Waals surface area contributed by atoms with Gasteiger partial charge in [0.05, 0.1) is 24.0 Å². The number of rotatable bonds is 4. The van der Waals surface area contributed by atoms with Crippen LogP contribution >= 0.6 is 0 Å². The number of benzene rings is 2. The van der Waals surface area contributed by atoms with Gasteiger partial charge in [0.2, 0.25) is 0 Å². The van der Waals surface area contributed by atoms with E-state index in [0.717, 1.165) is 87.1 Å². The van der Waals surface area contributed by atoms with E-state index >= 15 is 0 Å². The molecule has 0 radical (unpaired) electrons. The topological polar surface area (TPSA) is 100 Å². The highest BCUT2D eigenvalue weighted by atomic mass is 16.6. The Bertz CT molecular complexity index is 1890. The molecule has 2 atom stereocenters. The second-order valence-corrected chi connectivity index (χ2v) is 16.6. The molecule has 2 fully saturated rings. The number of likely N-dealkylation sites (tertiary alicyclic amines) is 2. The summed E-state index contributed by atoms with van der Waals surface area (Å²) in [5, 5.41) is 0. The maximum absolute atomic E-state index is 13.0. The number of carbonyl (C=O) groups is 2. The first kappa shape index (κ1) is 32.8. The minimum Gasteiger partial charge on any atom is -0.444 e. The molecule has 9 nitrogen and oxygen atoms in total. The van der Waals surface area contributed by atoms with Crippen LogP contribution in [0.5, 0.6) is 0 Å². The summed E-state index contributed by atoms with van der Waals surface area (Å²) in [6, 6.07) is 9.39. The summed E-state index contributed by atoms with van der Waals surface area (Å²) in [5.41, 5.74) is 13.2. The molecule has 3 aromatic rings. The molecule has 0 bridgehead atoms. The van der Waals surface area contributed by atoms with E-state index < -0.39 is 11.2 Å². The predicted molar refractivity (Wildman–Crippen MR) is 195 cm³/mol. The Balaban J connectivity index is 1.01. The summed E-state index contributed by atoms with van der Waals surface area (Å²) < 4.78 is 11.4. The van der Waals surface area contributed by atoms with Crippen molar-refractivity contribution in [2.75, 3.05) is 13.1 Å². The Morgan fingerprint density at radius 1 is 0.740 bits per heavy atom. The van der Waals surface area contributed by atoms with Crippen LogP contribution in [0, 0.1) is 0 Å². The Labute approximate surface area is 295 Å². The number of carbonyl (C=O) groups excluding carboxylic acids is 2. The highest BCUT2D eigenvalue weighted by molar-refractivity contribution is 6.03. The normalized spacial score (nSPS) is 21.2. The summed E-state index contributed by atoms with van der Waals surface area (Å²) in [5.74, 6) is 0.828. The van der Waals surface area contributed by atoms with E-state index in [1.165, 1.54) is 44.5 Å². The molecule has 2 saturated heterocycles. The number of amides is 2. The molecule has 0 unspecified atom stereocenters. The molecule has 50 heavy (non-hydrogen) atoms. The van der Waals surface area contributed by atoms with Crippen molar-refractivity contribution in [2.24, 2.45) is 4.99 Å². The van der Waals surface area contributed by atoms with Crippen molar-refractivity contribution in [3.63, 3.8) is 0 Å². The van der Waals surface area contributed by atoms with Crippen LogP contribution in [0.1, 0.15) is 113 Å². The third kappa shape index (κ3) is 6.13. The lowest BCUT2D eigenvalue weighted by atomic mass is 9.73. The van der Waals surface area contributed by atoms with E-state index in [9.17, 15) is 9.59 Å². The van der Waals surface area contributed by atoms with Crippen molar-refractivity contribution in [1.29, 1.82) is 0 Å². The summed E-state index contributed by atoms with van der Waals surface area (Å²) in [4.78, 5) is 42.9. The van der Waals surface area contributed by atoms with Crippen molar-refractivity contribution < 1.29 is 19.1 Å². The Morgan fingerprint density at radius 3 is 1.78 bits per heavy atom. The van der Waals surface area contributed by atoms with Crippen LogP contribution in [0.25, 0.3) is 28.0 Å². The van der Waals surface area contributed by atoms with Gasteiger partial charge < -0.3 is 14.5 Å². The number of nitrogens with one attached hydrogen (secondary N) is 1. The number of H-pyrrole nitrogens is 1. The van der Waals surface area contributed by atoms with E-state index in [-0.39, 0.29) is 24.3 Å². The summed E-state index contributed by atoms with van der Waals surface area (Å²) in [6.07, 6.45) is 11.9. The van der Waals surface area contributed by atoms with Crippen LogP contribution in [0.15, 0.2) is 41.7 Å².